The van der Waals surface area contributed by atoms with Crippen LogP contribution in [-0.2, 0) is 0 Å². The SMILES string of the molecule is C=CC[Si](Cl)CC=C. The van der Waals surface area contributed by atoms with Gasteiger partial charge in [-0.25, -0.2) is 0 Å². The molecular formula is C6H10ClSi. The molecule has 0 fully saturated rings. The molecule has 0 heterocycles. The molecule has 0 rings (SSSR count). The molecule has 0 spiro atoms. The van der Waals surface area contributed by atoms with Crippen molar-refractivity contribution >= 4 is 19.2 Å². The molecule has 0 N–H and O–H groups in total. The lowest BCUT2D eigenvalue weighted by Gasteiger charge is -1.94. The van der Waals surface area contributed by atoms with Crippen LogP contribution in [-0.4, -0.2) is 8.11 Å². The molecule has 0 bridgehead atoms. The van der Waals surface area contributed by atoms with Gasteiger partial charge in [-0.1, -0.05) is 12.2 Å². The highest BCUT2D eigenvalue weighted by molar-refractivity contribution is 7.07. The van der Waals surface area contributed by atoms with Crippen LogP contribution in [0.25, 0.3) is 0 Å². The smallest absolute Gasteiger partial charge is 0.168 e. The first kappa shape index (κ1) is 7.99. The Morgan fingerprint density at radius 2 is 1.62 bits per heavy atom. The van der Waals surface area contributed by atoms with Gasteiger partial charge in [0.2, 0.25) is 0 Å². The minimum absolute atomic E-state index is 0.655. The maximum Gasteiger partial charge on any atom is 0.173 e. The fraction of sp³-hybridized carbons (Fsp3) is 0.333. The van der Waals surface area contributed by atoms with Crippen molar-refractivity contribution in [2.45, 2.75) is 12.1 Å². The quantitative estimate of drug-likeness (QED) is 0.324. The molecule has 0 amide bonds. The minimum Gasteiger partial charge on any atom is -0.168 e. The van der Waals surface area contributed by atoms with E-state index in [2.05, 4.69) is 13.2 Å². The van der Waals surface area contributed by atoms with E-state index in [1.54, 1.807) is 0 Å². The van der Waals surface area contributed by atoms with E-state index in [0.717, 1.165) is 12.1 Å². The Kier molecular flexibility index (Phi) is 5.12. The predicted octanol–water partition coefficient (Wildman–Crippen LogP) is 2.59. The summed E-state index contributed by atoms with van der Waals surface area (Å²) >= 11 is 5.84. The van der Waals surface area contributed by atoms with Crippen LogP contribution in [0.3, 0.4) is 0 Å². The summed E-state index contributed by atoms with van der Waals surface area (Å²) in [4.78, 5) is 0. The molecule has 1 radical (unpaired) electrons. The minimum atomic E-state index is -0.655. The van der Waals surface area contributed by atoms with E-state index in [9.17, 15) is 0 Å². The van der Waals surface area contributed by atoms with Crippen molar-refractivity contribution in [3.05, 3.63) is 25.3 Å². The zero-order valence-electron chi connectivity index (χ0n) is 4.86. The molecule has 0 aliphatic rings. The topological polar surface area (TPSA) is 0 Å². The van der Waals surface area contributed by atoms with Crippen LogP contribution in [0.4, 0.5) is 0 Å². The van der Waals surface area contributed by atoms with Crippen molar-refractivity contribution in [3.63, 3.8) is 0 Å². The van der Waals surface area contributed by atoms with Gasteiger partial charge in [-0.3, -0.25) is 0 Å². The van der Waals surface area contributed by atoms with E-state index < -0.39 is 8.11 Å². The number of hydrogen-bond donors (Lipinski definition) is 0. The zero-order valence-corrected chi connectivity index (χ0v) is 6.62. The molecule has 0 saturated carbocycles. The lowest BCUT2D eigenvalue weighted by atomic mass is 10.7. The average Bonchev–Trinajstić information content (AvgIpc) is 1.68. The number of rotatable bonds is 4. The third-order valence-electron chi connectivity index (χ3n) is 0.732. The second kappa shape index (κ2) is 5.13. The zero-order chi connectivity index (χ0) is 6.41. The molecule has 0 aliphatic heterocycles. The Hall–Kier alpha value is -0.0131. The fourth-order valence-corrected chi connectivity index (χ4v) is 1.84. The van der Waals surface area contributed by atoms with E-state index in [4.69, 9.17) is 11.1 Å². The Morgan fingerprint density at radius 3 is 1.88 bits per heavy atom. The lowest BCUT2D eigenvalue weighted by Crippen LogP contribution is -1.97. The first-order chi connectivity index (χ1) is 3.81. The van der Waals surface area contributed by atoms with Crippen molar-refractivity contribution < 1.29 is 0 Å². The highest BCUT2D eigenvalue weighted by Gasteiger charge is 1.99. The molecule has 0 nitrogen and oxygen atoms in total. The third-order valence-corrected chi connectivity index (χ3v) is 3.12. The molecule has 2 heteroatoms. The number of halogens is 1. The number of hydrogen-bond acceptors (Lipinski definition) is 0. The molecule has 8 heavy (non-hydrogen) atoms. The summed E-state index contributed by atoms with van der Waals surface area (Å²) in [7, 11) is -0.655. The van der Waals surface area contributed by atoms with Crippen LogP contribution in [0.5, 0.6) is 0 Å². The lowest BCUT2D eigenvalue weighted by molar-refractivity contribution is 1.59. The molecule has 0 aliphatic carbocycles. The Balaban J connectivity index is 3.16. The molecule has 0 aromatic heterocycles. The van der Waals surface area contributed by atoms with Gasteiger partial charge in [0.05, 0.1) is 0 Å². The Labute approximate surface area is 57.2 Å². The van der Waals surface area contributed by atoms with E-state index in [-0.39, 0.29) is 0 Å². The van der Waals surface area contributed by atoms with Crippen molar-refractivity contribution in [3.8, 4) is 0 Å². The Morgan fingerprint density at radius 1 is 1.25 bits per heavy atom. The predicted molar refractivity (Wildman–Crippen MR) is 41.6 cm³/mol. The normalized spacial score (nSPS) is 9.25. The second-order valence-electron chi connectivity index (χ2n) is 1.50. The second-order valence-corrected chi connectivity index (χ2v) is 4.96. The molecule has 45 valence electrons. The van der Waals surface area contributed by atoms with Crippen molar-refractivity contribution in [1.29, 1.82) is 0 Å². The van der Waals surface area contributed by atoms with Gasteiger partial charge in [-0.05, 0) is 12.1 Å². The average molecular weight is 146 g/mol. The van der Waals surface area contributed by atoms with Gasteiger partial charge in [-0.2, -0.15) is 11.1 Å². The first-order valence-electron chi connectivity index (χ1n) is 2.53. The van der Waals surface area contributed by atoms with Crippen molar-refractivity contribution in [1.82, 2.24) is 0 Å². The van der Waals surface area contributed by atoms with Gasteiger partial charge in [0.1, 0.15) is 0 Å². The summed E-state index contributed by atoms with van der Waals surface area (Å²) in [6, 6.07) is 1.94. The monoisotopic (exact) mass is 145 g/mol. The summed E-state index contributed by atoms with van der Waals surface area (Å²) in [5.74, 6) is 0. The van der Waals surface area contributed by atoms with Crippen molar-refractivity contribution in [2.24, 2.45) is 0 Å². The van der Waals surface area contributed by atoms with Gasteiger partial charge in [-0.15, -0.1) is 13.2 Å². The molecular weight excluding hydrogens is 136 g/mol. The highest BCUT2D eigenvalue weighted by Crippen LogP contribution is 2.04. The van der Waals surface area contributed by atoms with Crippen LogP contribution in [0, 0.1) is 0 Å². The maximum atomic E-state index is 5.84. The van der Waals surface area contributed by atoms with Crippen LogP contribution in [0.1, 0.15) is 0 Å². The van der Waals surface area contributed by atoms with Gasteiger partial charge < -0.3 is 0 Å². The van der Waals surface area contributed by atoms with E-state index in [1.165, 1.54) is 0 Å². The van der Waals surface area contributed by atoms with E-state index in [1.807, 2.05) is 12.2 Å². The molecule has 0 unspecified atom stereocenters. The summed E-state index contributed by atoms with van der Waals surface area (Å²) < 4.78 is 0. The number of allylic oxidation sites excluding steroid dienone is 2. The standard InChI is InChI=1S/C6H10ClSi/c1-3-5-8(7)6-4-2/h3-4H,1-2,5-6H2. The van der Waals surface area contributed by atoms with E-state index >= 15 is 0 Å². The van der Waals surface area contributed by atoms with Gasteiger partial charge in [0.15, 0.2) is 8.11 Å². The molecule has 0 atom stereocenters. The van der Waals surface area contributed by atoms with Gasteiger partial charge in [0, 0.05) is 0 Å². The summed E-state index contributed by atoms with van der Waals surface area (Å²) in [6.07, 6.45) is 3.73. The summed E-state index contributed by atoms with van der Waals surface area (Å²) in [5, 5.41) is 0. The van der Waals surface area contributed by atoms with Crippen molar-refractivity contribution in [2.75, 3.05) is 0 Å². The summed E-state index contributed by atoms with van der Waals surface area (Å²) in [6.45, 7) is 7.18. The molecule has 0 aromatic rings. The highest BCUT2D eigenvalue weighted by atomic mass is 35.6. The Bertz CT molecular complexity index is 70.6. The fourth-order valence-electron chi connectivity index (χ4n) is 0.397. The van der Waals surface area contributed by atoms with Crippen LogP contribution >= 0.6 is 11.1 Å². The van der Waals surface area contributed by atoms with Crippen LogP contribution in [0.15, 0.2) is 25.3 Å². The van der Waals surface area contributed by atoms with Gasteiger partial charge >= 0.3 is 0 Å². The molecule has 0 aromatic carbocycles. The van der Waals surface area contributed by atoms with Crippen LogP contribution in [0.2, 0.25) is 12.1 Å². The van der Waals surface area contributed by atoms with E-state index in [0.29, 0.717) is 0 Å². The molecule has 0 saturated heterocycles. The maximum absolute atomic E-state index is 5.84. The van der Waals surface area contributed by atoms with Gasteiger partial charge in [0.25, 0.3) is 0 Å². The third kappa shape index (κ3) is 4.15. The first-order valence-corrected chi connectivity index (χ1v) is 5.46. The largest absolute Gasteiger partial charge is 0.173 e. The van der Waals surface area contributed by atoms with Crippen LogP contribution < -0.4 is 0 Å². The summed E-state index contributed by atoms with van der Waals surface area (Å²) in [5.41, 5.74) is 0.